The number of carbonyl (C=O) groups is 1. The summed E-state index contributed by atoms with van der Waals surface area (Å²) in [5.41, 5.74) is 0. The highest BCUT2D eigenvalue weighted by atomic mass is 31.1. The van der Waals surface area contributed by atoms with E-state index in [4.69, 9.17) is 0 Å². The van der Waals surface area contributed by atoms with Gasteiger partial charge in [-0.3, -0.25) is 4.79 Å². The van der Waals surface area contributed by atoms with Crippen LogP contribution in [-0.2, 0) is 13.9 Å². The summed E-state index contributed by atoms with van der Waals surface area (Å²) in [7, 11) is -0.136. The Bertz CT molecular complexity index is 195. The van der Waals surface area contributed by atoms with Gasteiger partial charge in [-0.25, -0.2) is 0 Å². The van der Waals surface area contributed by atoms with Crippen molar-refractivity contribution in [1.29, 1.82) is 0 Å². The minimum Gasteiger partial charge on any atom is -0.338 e. The molecule has 0 bridgehead atoms. The number of amides is 1. The lowest BCUT2D eigenvalue weighted by molar-refractivity contribution is -0.127. The Morgan fingerprint density at radius 1 is 1.67 bits per heavy atom. The summed E-state index contributed by atoms with van der Waals surface area (Å²) in [4.78, 5) is 12.8. The summed E-state index contributed by atoms with van der Waals surface area (Å²) in [5.74, 6) is 0.175. The van der Waals surface area contributed by atoms with E-state index in [1.54, 1.807) is 4.90 Å². The minimum absolute atomic E-state index is 0.175. The lowest BCUT2D eigenvalue weighted by Gasteiger charge is -2.10. The number of likely N-dealkylation sites (tertiary alicyclic amines) is 1. The summed E-state index contributed by atoms with van der Waals surface area (Å²) in [6.07, 6.45) is 2.03. The summed E-state index contributed by atoms with van der Waals surface area (Å²) < 4.78 is 15.5. The van der Waals surface area contributed by atoms with Crippen molar-refractivity contribution in [3.63, 3.8) is 0 Å². The van der Waals surface area contributed by atoms with Crippen molar-refractivity contribution in [2.24, 2.45) is 0 Å². The van der Waals surface area contributed by atoms with Gasteiger partial charge in [0.05, 0.1) is 13.7 Å². The molecule has 1 saturated heterocycles. The number of hydrogen-bond donors (Lipinski definition) is 0. The molecule has 1 unspecified atom stereocenters. The fourth-order valence-corrected chi connectivity index (χ4v) is 1.82. The second-order valence-corrected chi connectivity index (χ2v) is 4.20. The molecule has 0 saturated carbocycles. The van der Waals surface area contributed by atoms with Crippen molar-refractivity contribution in [3.8, 4) is 0 Å². The maximum Gasteiger partial charge on any atom is 0.509 e. The molecule has 1 fully saturated rings. The molecule has 0 radical (unpaired) electrons. The van der Waals surface area contributed by atoms with Crippen LogP contribution in [0.2, 0.25) is 0 Å². The van der Waals surface area contributed by atoms with Crippen LogP contribution in [0.3, 0.4) is 0 Å². The normalized spacial score (nSPS) is 18.6. The summed E-state index contributed by atoms with van der Waals surface area (Å²) in [6, 6.07) is 0. The van der Waals surface area contributed by atoms with Crippen molar-refractivity contribution >= 4 is 13.9 Å². The first kappa shape index (κ1) is 9.62. The molecule has 0 aromatic heterocycles. The van der Waals surface area contributed by atoms with Crippen LogP contribution in [0.5, 0.6) is 0 Å². The van der Waals surface area contributed by atoms with Crippen molar-refractivity contribution in [2.75, 3.05) is 26.4 Å². The molecule has 5 heteroatoms. The van der Waals surface area contributed by atoms with Crippen LogP contribution >= 0.6 is 8.03 Å². The van der Waals surface area contributed by atoms with Crippen molar-refractivity contribution in [3.05, 3.63) is 0 Å². The quantitative estimate of drug-likeness (QED) is 0.621. The van der Waals surface area contributed by atoms with E-state index in [0.29, 0.717) is 19.1 Å². The third kappa shape index (κ3) is 2.54. The van der Waals surface area contributed by atoms with E-state index >= 15 is 0 Å². The van der Waals surface area contributed by atoms with Crippen LogP contribution in [0.1, 0.15) is 12.8 Å². The van der Waals surface area contributed by atoms with Gasteiger partial charge >= 0.3 is 8.03 Å². The number of nitrogens with zero attached hydrogens (tertiary/aromatic N) is 1. The summed E-state index contributed by atoms with van der Waals surface area (Å²) >= 11 is 0. The van der Waals surface area contributed by atoms with Crippen molar-refractivity contribution < 1.29 is 13.9 Å². The zero-order chi connectivity index (χ0) is 8.97. The molecule has 0 aromatic rings. The zero-order valence-electron chi connectivity index (χ0n) is 7.15. The minimum atomic E-state index is -1.56. The van der Waals surface area contributed by atoms with Gasteiger partial charge in [0, 0.05) is 13.0 Å². The first-order valence-electron chi connectivity index (χ1n) is 4.00. The van der Waals surface area contributed by atoms with E-state index in [1.807, 2.05) is 0 Å². The van der Waals surface area contributed by atoms with Crippen LogP contribution in [0.4, 0.5) is 0 Å². The Kier molecular flexibility index (Phi) is 3.63. The molecule has 1 aliphatic heterocycles. The van der Waals surface area contributed by atoms with Crippen molar-refractivity contribution in [1.82, 2.24) is 4.90 Å². The molecule has 1 atom stereocenters. The molecular weight excluding hydrogens is 177 g/mol. The maximum absolute atomic E-state index is 11.1. The molecule has 0 spiro atoms. The predicted octanol–water partition coefficient (Wildman–Crippen LogP) is 0.998. The van der Waals surface area contributed by atoms with Gasteiger partial charge in [-0.2, -0.15) is 0 Å². The Morgan fingerprint density at radius 2 is 2.42 bits per heavy atom. The van der Waals surface area contributed by atoms with Gasteiger partial charge in [-0.05, 0) is 11.0 Å². The molecule has 0 aromatic carbocycles. The summed E-state index contributed by atoms with van der Waals surface area (Å²) in [6.45, 7) is 1.38. The van der Waals surface area contributed by atoms with Gasteiger partial charge in [0.25, 0.3) is 0 Å². The molecule has 0 N–H and O–H groups in total. The van der Waals surface area contributed by atoms with E-state index in [9.17, 15) is 9.36 Å². The maximum atomic E-state index is 11.1. The van der Waals surface area contributed by atoms with E-state index in [1.165, 1.54) is 7.11 Å². The van der Waals surface area contributed by atoms with Gasteiger partial charge in [-0.15, -0.1) is 4.52 Å². The molecule has 4 nitrogen and oxygen atoms in total. The largest absolute Gasteiger partial charge is 0.509 e. The van der Waals surface area contributed by atoms with Gasteiger partial charge < -0.3 is 4.90 Å². The highest BCUT2D eigenvalue weighted by Crippen LogP contribution is 2.20. The first-order chi connectivity index (χ1) is 5.74. The standard InChI is InChI=1S/C7H13NO3P/c1-11-12(10)6-5-8-4-2-3-7(8)9/h2-6H2,1H3/q+1. The van der Waals surface area contributed by atoms with E-state index in [-0.39, 0.29) is 5.91 Å². The molecule has 1 aliphatic rings. The molecule has 1 rings (SSSR count). The highest BCUT2D eigenvalue weighted by Gasteiger charge is 2.24. The van der Waals surface area contributed by atoms with Gasteiger partial charge in [0.15, 0.2) is 6.16 Å². The zero-order valence-corrected chi connectivity index (χ0v) is 8.05. The number of hydrogen-bond acceptors (Lipinski definition) is 3. The summed E-state index contributed by atoms with van der Waals surface area (Å²) in [5, 5.41) is 0. The second-order valence-electron chi connectivity index (χ2n) is 2.72. The molecule has 1 amide bonds. The van der Waals surface area contributed by atoms with Crippen LogP contribution in [0.15, 0.2) is 0 Å². The van der Waals surface area contributed by atoms with Crippen LogP contribution in [-0.4, -0.2) is 37.2 Å². The smallest absolute Gasteiger partial charge is 0.338 e. The Balaban J connectivity index is 2.22. The number of carbonyl (C=O) groups excluding carboxylic acids is 1. The Hall–Kier alpha value is -0.470. The van der Waals surface area contributed by atoms with E-state index in [0.717, 1.165) is 13.0 Å². The van der Waals surface area contributed by atoms with Crippen molar-refractivity contribution in [2.45, 2.75) is 12.8 Å². The molecular formula is C7H13NO3P+. The average molecular weight is 190 g/mol. The van der Waals surface area contributed by atoms with E-state index in [2.05, 4.69) is 4.52 Å². The Labute approximate surface area is 72.7 Å². The highest BCUT2D eigenvalue weighted by molar-refractivity contribution is 7.39. The first-order valence-corrected chi connectivity index (χ1v) is 5.37. The van der Waals surface area contributed by atoms with Crippen LogP contribution < -0.4 is 0 Å². The third-order valence-corrected chi connectivity index (χ3v) is 2.90. The van der Waals surface area contributed by atoms with Gasteiger partial charge in [0.1, 0.15) is 0 Å². The number of rotatable bonds is 4. The molecule has 68 valence electrons. The molecule has 12 heavy (non-hydrogen) atoms. The van der Waals surface area contributed by atoms with Gasteiger partial charge in [-0.1, -0.05) is 0 Å². The SMILES string of the molecule is CO[P+](=O)CCN1CCCC1=O. The fourth-order valence-electron chi connectivity index (χ4n) is 1.23. The lowest BCUT2D eigenvalue weighted by Crippen LogP contribution is -2.26. The Morgan fingerprint density at radius 3 is 2.92 bits per heavy atom. The topological polar surface area (TPSA) is 46.6 Å². The van der Waals surface area contributed by atoms with Crippen LogP contribution in [0.25, 0.3) is 0 Å². The molecule has 1 heterocycles. The predicted molar refractivity (Wildman–Crippen MR) is 45.3 cm³/mol. The average Bonchev–Trinajstić information content (AvgIpc) is 2.47. The fraction of sp³-hybridized carbons (Fsp3) is 0.857. The monoisotopic (exact) mass is 190 g/mol. The lowest BCUT2D eigenvalue weighted by atomic mass is 10.4. The van der Waals surface area contributed by atoms with Crippen LogP contribution in [0, 0.1) is 0 Å². The van der Waals surface area contributed by atoms with Gasteiger partial charge in [0.2, 0.25) is 5.91 Å². The third-order valence-electron chi connectivity index (χ3n) is 1.93. The molecule has 0 aliphatic carbocycles. The van der Waals surface area contributed by atoms with E-state index < -0.39 is 8.03 Å². The second kappa shape index (κ2) is 4.53.